The number of aromatic nitrogens is 1. The monoisotopic (exact) mass is 284 g/mol. The van der Waals surface area contributed by atoms with Crippen molar-refractivity contribution in [1.82, 2.24) is 10.3 Å². The van der Waals surface area contributed by atoms with Gasteiger partial charge >= 0.3 is 0 Å². The van der Waals surface area contributed by atoms with E-state index in [1.807, 2.05) is 0 Å². The molecule has 0 radical (unpaired) electrons. The highest BCUT2D eigenvalue weighted by molar-refractivity contribution is 5.86. The van der Waals surface area contributed by atoms with Gasteiger partial charge in [-0.2, -0.15) is 0 Å². The van der Waals surface area contributed by atoms with Gasteiger partial charge in [0.1, 0.15) is 0 Å². The Morgan fingerprint density at radius 2 is 2.29 bits per heavy atom. The second-order valence-electron chi connectivity index (χ2n) is 6.01. The van der Waals surface area contributed by atoms with Crippen LogP contribution in [0.1, 0.15) is 30.4 Å². The smallest absolute Gasteiger partial charge is 0.188 e. The maximum absolute atomic E-state index is 5.91. The van der Waals surface area contributed by atoms with Crippen LogP contribution in [-0.2, 0) is 6.42 Å². The summed E-state index contributed by atoms with van der Waals surface area (Å²) >= 11 is 0. The predicted octanol–water partition coefficient (Wildman–Crippen LogP) is 2.72. The average Bonchev–Trinajstić information content (AvgIpc) is 2.82. The topological polar surface area (TPSA) is 66.2 Å². The molecular weight excluding hydrogens is 260 g/mol. The van der Waals surface area contributed by atoms with E-state index < -0.39 is 0 Å². The lowest BCUT2D eigenvalue weighted by Gasteiger charge is -2.23. The second-order valence-corrected chi connectivity index (χ2v) is 6.01. The molecule has 112 valence electrons. The number of nitrogens with two attached hydrogens (primary N) is 1. The van der Waals surface area contributed by atoms with Crippen molar-refractivity contribution in [2.45, 2.75) is 32.6 Å². The summed E-state index contributed by atoms with van der Waals surface area (Å²) in [6.07, 6.45) is 7.02. The van der Waals surface area contributed by atoms with Gasteiger partial charge in [0.15, 0.2) is 5.96 Å². The number of aliphatic imine (C=N–C) groups is 1. The van der Waals surface area contributed by atoms with Crippen LogP contribution in [0.5, 0.6) is 0 Å². The van der Waals surface area contributed by atoms with E-state index in [-0.39, 0.29) is 0 Å². The summed E-state index contributed by atoms with van der Waals surface area (Å²) in [6, 6.07) is 6.41. The molecule has 0 unspecified atom stereocenters. The molecule has 0 aliphatic heterocycles. The molecule has 3 rings (SSSR count). The first-order valence-electron chi connectivity index (χ1n) is 7.83. The van der Waals surface area contributed by atoms with Gasteiger partial charge in [-0.25, -0.2) is 0 Å². The van der Waals surface area contributed by atoms with Crippen molar-refractivity contribution < 1.29 is 0 Å². The lowest BCUT2D eigenvalue weighted by atomic mass is 9.86. The Balaban J connectivity index is 1.53. The van der Waals surface area contributed by atoms with Crippen LogP contribution in [0.25, 0.3) is 10.9 Å². The Hall–Kier alpha value is -1.97. The van der Waals surface area contributed by atoms with Crippen molar-refractivity contribution in [3.63, 3.8) is 0 Å². The number of hydrogen-bond acceptors (Lipinski definition) is 1. The minimum Gasteiger partial charge on any atom is -0.370 e. The lowest BCUT2D eigenvalue weighted by molar-refractivity contribution is 0.326. The molecule has 0 bridgehead atoms. The Labute approximate surface area is 125 Å². The molecule has 1 fully saturated rings. The summed E-state index contributed by atoms with van der Waals surface area (Å²) in [5.41, 5.74) is 9.76. The zero-order valence-electron chi connectivity index (χ0n) is 12.7. The molecule has 0 atom stereocenters. The molecule has 1 aromatic heterocycles. The number of para-hydroxylation sites is 1. The normalized spacial score (nSPS) is 16.1. The first-order chi connectivity index (χ1) is 10.2. The highest BCUT2D eigenvalue weighted by Gasteiger charge is 2.16. The van der Waals surface area contributed by atoms with Gasteiger partial charge in [-0.15, -0.1) is 0 Å². The van der Waals surface area contributed by atoms with Crippen molar-refractivity contribution >= 4 is 16.9 Å². The molecule has 1 aliphatic carbocycles. The maximum Gasteiger partial charge on any atom is 0.188 e. The van der Waals surface area contributed by atoms with E-state index in [9.17, 15) is 0 Å². The Morgan fingerprint density at radius 1 is 1.43 bits per heavy atom. The van der Waals surface area contributed by atoms with Gasteiger partial charge < -0.3 is 16.0 Å². The molecule has 0 saturated heterocycles. The fourth-order valence-electron chi connectivity index (χ4n) is 2.85. The van der Waals surface area contributed by atoms with Gasteiger partial charge in [-0.05, 0) is 43.2 Å². The van der Waals surface area contributed by atoms with Gasteiger partial charge in [-0.3, -0.25) is 4.99 Å². The van der Waals surface area contributed by atoms with E-state index in [1.165, 1.54) is 41.3 Å². The molecule has 4 heteroatoms. The number of H-pyrrole nitrogens is 1. The van der Waals surface area contributed by atoms with Crippen molar-refractivity contribution in [1.29, 1.82) is 0 Å². The second kappa shape index (κ2) is 6.20. The molecular formula is C17H24N4. The van der Waals surface area contributed by atoms with Crippen LogP contribution in [-0.4, -0.2) is 24.0 Å². The van der Waals surface area contributed by atoms with Gasteiger partial charge in [0.05, 0.1) is 0 Å². The quantitative estimate of drug-likeness (QED) is 0.584. The summed E-state index contributed by atoms with van der Waals surface area (Å²) < 4.78 is 0. The van der Waals surface area contributed by atoms with Crippen molar-refractivity contribution in [3.8, 4) is 0 Å². The number of aryl methyl sites for hydroxylation is 1. The van der Waals surface area contributed by atoms with Crippen LogP contribution in [0.4, 0.5) is 0 Å². The Morgan fingerprint density at radius 3 is 3.05 bits per heavy atom. The van der Waals surface area contributed by atoms with E-state index in [2.05, 4.69) is 46.6 Å². The number of fused-ring (bicyclic) bond motifs is 1. The molecule has 1 heterocycles. The fraction of sp³-hybridized carbons (Fsp3) is 0.471. The molecule has 21 heavy (non-hydrogen) atoms. The van der Waals surface area contributed by atoms with Crippen LogP contribution in [0.2, 0.25) is 0 Å². The van der Waals surface area contributed by atoms with E-state index in [0.717, 1.165) is 25.4 Å². The maximum atomic E-state index is 5.91. The Kier molecular flexibility index (Phi) is 4.13. The third kappa shape index (κ3) is 3.20. The lowest BCUT2D eigenvalue weighted by Crippen LogP contribution is -2.34. The summed E-state index contributed by atoms with van der Waals surface area (Å²) in [5, 5.41) is 4.52. The largest absolute Gasteiger partial charge is 0.370 e. The first-order valence-corrected chi connectivity index (χ1v) is 7.83. The number of aromatic amines is 1. The molecule has 4 N–H and O–H groups in total. The zero-order valence-corrected chi connectivity index (χ0v) is 12.7. The molecule has 0 amide bonds. The van der Waals surface area contributed by atoms with Crippen LogP contribution >= 0.6 is 0 Å². The number of rotatable bonds is 5. The third-order valence-electron chi connectivity index (χ3n) is 4.45. The third-order valence-corrected chi connectivity index (χ3v) is 4.45. The summed E-state index contributed by atoms with van der Waals surface area (Å²) in [5.74, 6) is 1.35. The summed E-state index contributed by atoms with van der Waals surface area (Å²) in [7, 11) is 0. The van der Waals surface area contributed by atoms with Crippen LogP contribution in [0, 0.1) is 12.8 Å². The van der Waals surface area contributed by atoms with Crippen molar-refractivity contribution in [2.75, 3.05) is 13.1 Å². The number of hydrogen-bond donors (Lipinski definition) is 3. The van der Waals surface area contributed by atoms with Gasteiger partial charge in [0.2, 0.25) is 0 Å². The molecule has 1 aromatic carbocycles. The standard InChI is InChI=1S/C17H24N4/c1-12-4-2-7-15-14(11-20-16(12)15)8-9-19-17(18)21-10-13-5-3-6-13/h2,4,7,11,13,20H,3,5-6,8-10H2,1H3,(H3,18,19,21). The van der Waals surface area contributed by atoms with Crippen molar-refractivity contribution in [2.24, 2.45) is 16.6 Å². The minimum atomic E-state index is 0.581. The summed E-state index contributed by atoms with van der Waals surface area (Å²) in [6.45, 7) is 3.83. The molecule has 2 aromatic rings. The summed E-state index contributed by atoms with van der Waals surface area (Å²) in [4.78, 5) is 7.78. The Bertz CT molecular complexity index is 637. The highest BCUT2D eigenvalue weighted by atomic mass is 15.1. The van der Waals surface area contributed by atoms with Crippen LogP contribution < -0.4 is 11.1 Å². The van der Waals surface area contributed by atoms with Gasteiger partial charge in [0.25, 0.3) is 0 Å². The first kappa shape index (κ1) is 14.0. The molecule has 0 spiro atoms. The minimum absolute atomic E-state index is 0.581. The number of guanidine groups is 1. The van der Waals surface area contributed by atoms with E-state index in [4.69, 9.17) is 5.73 Å². The average molecular weight is 284 g/mol. The molecule has 1 aliphatic rings. The number of benzene rings is 1. The van der Waals surface area contributed by atoms with Crippen molar-refractivity contribution in [3.05, 3.63) is 35.5 Å². The van der Waals surface area contributed by atoms with E-state index in [0.29, 0.717) is 5.96 Å². The van der Waals surface area contributed by atoms with Crippen LogP contribution in [0.3, 0.4) is 0 Å². The number of nitrogens with zero attached hydrogens (tertiary/aromatic N) is 1. The highest BCUT2D eigenvalue weighted by Crippen LogP contribution is 2.26. The zero-order chi connectivity index (χ0) is 14.7. The van der Waals surface area contributed by atoms with E-state index >= 15 is 0 Å². The molecule has 4 nitrogen and oxygen atoms in total. The number of nitrogens with one attached hydrogen (secondary N) is 2. The molecule has 1 saturated carbocycles. The fourth-order valence-corrected chi connectivity index (χ4v) is 2.85. The van der Waals surface area contributed by atoms with E-state index in [1.54, 1.807) is 0 Å². The van der Waals surface area contributed by atoms with Gasteiger partial charge in [0, 0.05) is 30.2 Å². The predicted molar refractivity (Wildman–Crippen MR) is 88.6 cm³/mol. The SMILES string of the molecule is Cc1cccc2c(CCNC(N)=NCC3CCC3)c[nH]c12. The van der Waals surface area contributed by atoms with Crippen LogP contribution in [0.15, 0.2) is 29.4 Å². The van der Waals surface area contributed by atoms with Gasteiger partial charge in [-0.1, -0.05) is 24.6 Å².